The molecule has 0 aliphatic carbocycles. The molecule has 3 aromatic carbocycles. The van der Waals surface area contributed by atoms with Crippen molar-refractivity contribution in [2.24, 2.45) is 5.92 Å². The maximum absolute atomic E-state index is 13.8. The monoisotopic (exact) mass is 450 g/mol. The molecule has 7 heteroatoms. The minimum atomic E-state index is -3.80. The summed E-state index contributed by atoms with van der Waals surface area (Å²) in [5.41, 5.74) is 3.92. The molecule has 2 heterocycles. The number of nitrogens with one attached hydrogen (secondary N) is 1. The van der Waals surface area contributed by atoms with Gasteiger partial charge in [-0.25, -0.2) is 8.42 Å². The maximum atomic E-state index is 13.8. The summed E-state index contributed by atoms with van der Waals surface area (Å²) in [4.78, 5) is 0.169. The highest BCUT2D eigenvalue weighted by atomic mass is 32.2. The standard InChI is InChI=1S/C25H26N2O4S/c1-31-23-9-5-6-10-24(23)32(29,30)27-14-13-19-22(16-28)26-21-12-11-18(15-20(21)25(19)27)17-7-3-2-4-8-17/h2-12,15,19,22,25-26,28H,13-14,16H2,1H3/t19-,22-,25-/m1/s1. The van der Waals surface area contributed by atoms with Crippen molar-refractivity contribution < 1.29 is 18.3 Å². The van der Waals surface area contributed by atoms with Crippen LogP contribution in [0.5, 0.6) is 5.75 Å². The van der Waals surface area contributed by atoms with E-state index in [0.717, 1.165) is 22.4 Å². The highest BCUT2D eigenvalue weighted by Gasteiger charge is 2.49. The largest absolute Gasteiger partial charge is 0.495 e. The second-order valence-electron chi connectivity index (χ2n) is 8.27. The van der Waals surface area contributed by atoms with Gasteiger partial charge in [0.25, 0.3) is 0 Å². The molecular formula is C25H26N2O4S. The van der Waals surface area contributed by atoms with E-state index in [0.29, 0.717) is 18.7 Å². The molecule has 1 saturated heterocycles. The van der Waals surface area contributed by atoms with Gasteiger partial charge in [0, 0.05) is 18.2 Å². The van der Waals surface area contributed by atoms with Gasteiger partial charge in [0.05, 0.1) is 25.8 Å². The van der Waals surface area contributed by atoms with Crippen LogP contribution in [0.1, 0.15) is 18.0 Å². The molecule has 0 aromatic heterocycles. The van der Waals surface area contributed by atoms with Gasteiger partial charge in [-0.3, -0.25) is 0 Å². The Hall–Kier alpha value is -2.87. The van der Waals surface area contributed by atoms with Gasteiger partial charge in [0.1, 0.15) is 10.6 Å². The molecule has 5 rings (SSSR count). The smallest absolute Gasteiger partial charge is 0.247 e. The Morgan fingerprint density at radius 3 is 2.53 bits per heavy atom. The number of fused-ring (bicyclic) bond motifs is 3. The number of benzene rings is 3. The Balaban J connectivity index is 1.63. The first-order chi connectivity index (χ1) is 15.5. The fourth-order valence-corrected chi connectivity index (χ4v) is 6.88. The van der Waals surface area contributed by atoms with E-state index in [1.807, 2.05) is 42.5 Å². The zero-order chi connectivity index (χ0) is 22.3. The van der Waals surface area contributed by atoms with Crippen LogP contribution in [0.25, 0.3) is 11.1 Å². The topological polar surface area (TPSA) is 78.9 Å². The van der Waals surface area contributed by atoms with E-state index in [2.05, 4.69) is 11.4 Å². The number of ether oxygens (including phenoxy) is 1. The van der Waals surface area contributed by atoms with Crippen molar-refractivity contribution in [2.75, 3.05) is 25.6 Å². The van der Waals surface area contributed by atoms with Gasteiger partial charge in [-0.15, -0.1) is 0 Å². The molecule has 0 saturated carbocycles. The lowest BCUT2D eigenvalue weighted by Gasteiger charge is -2.39. The van der Waals surface area contributed by atoms with Gasteiger partial charge in [0.2, 0.25) is 10.0 Å². The van der Waals surface area contributed by atoms with Crippen molar-refractivity contribution in [1.82, 2.24) is 4.31 Å². The molecule has 32 heavy (non-hydrogen) atoms. The summed E-state index contributed by atoms with van der Waals surface area (Å²) in [6.45, 7) is 0.340. The first-order valence-corrected chi connectivity index (χ1v) is 12.2. The molecule has 2 aliphatic rings. The summed E-state index contributed by atoms with van der Waals surface area (Å²) in [7, 11) is -2.32. The normalized spacial score (nSPS) is 22.6. The zero-order valence-corrected chi connectivity index (χ0v) is 18.6. The van der Waals surface area contributed by atoms with Crippen LogP contribution in [0.3, 0.4) is 0 Å². The second kappa shape index (κ2) is 8.24. The highest BCUT2D eigenvalue weighted by Crippen LogP contribution is 2.49. The number of hydrogen-bond acceptors (Lipinski definition) is 5. The third-order valence-corrected chi connectivity index (χ3v) is 8.51. The van der Waals surface area contributed by atoms with Gasteiger partial charge < -0.3 is 15.2 Å². The molecule has 3 aromatic rings. The van der Waals surface area contributed by atoms with E-state index in [-0.39, 0.29) is 29.5 Å². The molecule has 166 valence electrons. The predicted molar refractivity (Wildman–Crippen MR) is 124 cm³/mol. The molecule has 0 unspecified atom stereocenters. The maximum Gasteiger partial charge on any atom is 0.247 e. The zero-order valence-electron chi connectivity index (χ0n) is 17.8. The Morgan fingerprint density at radius 2 is 1.78 bits per heavy atom. The van der Waals surface area contributed by atoms with Crippen LogP contribution < -0.4 is 10.1 Å². The number of para-hydroxylation sites is 1. The molecule has 0 radical (unpaired) electrons. The number of nitrogens with zero attached hydrogens (tertiary/aromatic N) is 1. The van der Waals surface area contributed by atoms with Crippen molar-refractivity contribution in [3.63, 3.8) is 0 Å². The van der Waals surface area contributed by atoms with Crippen LogP contribution in [-0.4, -0.2) is 44.1 Å². The minimum absolute atomic E-state index is 0.0250. The summed E-state index contributed by atoms with van der Waals surface area (Å²) in [5.74, 6) is 0.310. The third-order valence-electron chi connectivity index (χ3n) is 6.59. The van der Waals surface area contributed by atoms with E-state index < -0.39 is 10.0 Å². The Kier molecular flexibility index (Phi) is 5.41. The van der Waals surface area contributed by atoms with Gasteiger partial charge >= 0.3 is 0 Å². The van der Waals surface area contributed by atoms with Crippen LogP contribution >= 0.6 is 0 Å². The molecule has 2 aliphatic heterocycles. The minimum Gasteiger partial charge on any atom is -0.495 e. The SMILES string of the molecule is COc1ccccc1S(=O)(=O)N1CC[C@@H]2[C@@H](CO)Nc3ccc(-c4ccccc4)cc3[C@@H]21. The highest BCUT2D eigenvalue weighted by molar-refractivity contribution is 7.89. The van der Waals surface area contributed by atoms with Gasteiger partial charge in [-0.05, 0) is 47.4 Å². The summed E-state index contributed by atoms with van der Waals surface area (Å²) < 4.78 is 34.5. The molecule has 0 bridgehead atoms. The Morgan fingerprint density at radius 1 is 1.03 bits per heavy atom. The lowest BCUT2D eigenvalue weighted by atomic mass is 9.82. The second-order valence-corrected chi connectivity index (χ2v) is 10.1. The van der Waals surface area contributed by atoms with Gasteiger partial charge in [-0.1, -0.05) is 48.5 Å². The van der Waals surface area contributed by atoms with Crippen molar-refractivity contribution in [3.8, 4) is 16.9 Å². The van der Waals surface area contributed by atoms with E-state index in [4.69, 9.17) is 4.74 Å². The van der Waals surface area contributed by atoms with Crippen molar-refractivity contribution in [1.29, 1.82) is 0 Å². The first-order valence-electron chi connectivity index (χ1n) is 10.8. The fraction of sp³-hybridized carbons (Fsp3) is 0.280. The van der Waals surface area contributed by atoms with Crippen molar-refractivity contribution in [2.45, 2.75) is 23.4 Å². The average molecular weight is 451 g/mol. The third kappa shape index (κ3) is 3.37. The van der Waals surface area contributed by atoms with Crippen LogP contribution in [0.2, 0.25) is 0 Å². The van der Waals surface area contributed by atoms with Crippen LogP contribution in [0.15, 0.2) is 77.7 Å². The van der Waals surface area contributed by atoms with E-state index in [9.17, 15) is 13.5 Å². The van der Waals surface area contributed by atoms with Crippen molar-refractivity contribution >= 4 is 15.7 Å². The fourth-order valence-electron chi connectivity index (χ4n) is 5.06. The van der Waals surface area contributed by atoms with E-state index in [1.165, 1.54) is 7.11 Å². The summed E-state index contributed by atoms with van der Waals surface area (Å²) in [6.07, 6.45) is 0.673. The predicted octanol–water partition coefficient (Wildman–Crippen LogP) is 3.90. The van der Waals surface area contributed by atoms with Crippen LogP contribution in [0, 0.1) is 5.92 Å². The molecule has 0 spiro atoms. The van der Waals surface area contributed by atoms with Gasteiger partial charge in [-0.2, -0.15) is 4.31 Å². The van der Waals surface area contributed by atoms with E-state index >= 15 is 0 Å². The molecule has 1 fully saturated rings. The summed E-state index contributed by atoms with van der Waals surface area (Å²) >= 11 is 0. The lowest BCUT2D eigenvalue weighted by molar-refractivity contribution is 0.210. The summed E-state index contributed by atoms with van der Waals surface area (Å²) in [5, 5.41) is 13.5. The summed E-state index contributed by atoms with van der Waals surface area (Å²) in [6, 6.07) is 22.3. The number of rotatable bonds is 5. The number of anilines is 1. The quantitative estimate of drug-likeness (QED) is 0.616. The van der Waals surface area contributed by atoms with Gasteiger partial charge in [0.15, 0.2) is 0 Å². The Labute approximate surface area is 188 Å². The van der Waals surface area contributed by atoms with Crippen LogP contribution in [0.4, 0.5) is 5.69 Å². The molecule has 2 N–H and O–H groups in total. The molecular weight excluding hydrogens is 424 g/mol. The average Bonchev–Trinajstić information content (AvgIpc) is 3.30. The van der Waals surface area contributed by atoms with Crippen molar-refractivity contribution in [3.05, 3.63) is 78.4 Å². The number of aliphatic hydroxyl groups excluding tert-OH is 1. The number of hydrogen-bond donors (Lipinski definition) is 2. The molecule has 0 amide bonds. The molecule has 3 atom stereocenters. The van der Waals surface area contributed by atoms with E-state index in [1.54, 1.807) is 28.6 Å². The molecule has 6 nitrogen and oxygen atoms in total. The number of sulfonamides is 1. The lowest BCUT2D eigenvalue weighted by Crippen LogP contribution is -2.42. The van der Waals surface area contributed by atoms with Crippen LogP contribution in [-0.2, 0) is 10.0 Å². The Bertz CT molecular complexity index is 1230. The number of methoxy groups -OCH3 is 1. The number of aliphatic hydroxyl groups is 1. The first kappa shape index (κ1) is 21.0.